The molecule has 9 nitrogen and oxygen atoms in total. The van der Waals surface area contributed by atoms with Crippen LogP contribution in [0.1, 0.15) is 38.7 Å². The van der Waals surface area contributed by atoms with E-state index in [4.69, 9.17) is 5.73 Å². The molecule has 0 bridgehead atoms. The summed E-state index contributed by atoms with van der Waals surface area (Å²) in [5.74, 6) is -0.883. The highest BCUT2D eigenvalue weighted by Crippen LogP contribution is 2.30. The van der Waals surface area contributed by atoms with Gasteiger partial charge in [0.2, 0.25) is 11.7 Å². The van der Waals surface area contributed by atoms with E-state index in [-0.39, 0.29) is 24.8 Å². The summed E-state index contributed by atoms with van der Waals surface area (Å²) in [6.45, 7) is 4.36. The van der Waals surface area contributed by atoms with Crippen molar-refractivity contribution in [3.63, 3.8) is 0 Å². The van der Waals surface area contributed by atoms with Crippen molar-refractivity contribution in [2.75, 3.05) is 6.54 Å². The van der Waals surface area contributed by atoms with Gasteiger partial charge >= 0.3 is 5.97 Å². The lowest BCUT2D eigenvalue weighted by Gasteiger charge is -2.32. The maximum Gasteiger partial charge on any atom is 0.326 e. The van der Waals surface area contributed by atoms with Gasteiger partial charge in [0.15, 0.2) is 0 Å². The van der Waals surface area contributed by atoms with E-state index in [1.807, 2.05) is 62.4 Å². The third-order valence-electron chi connectivity index (χ3n) is 5.52. The predicted molar refractivity (Wildman–Crippen MR) is 125 cm³/mol. The average molecular weight is 451 g/mol. The first-order valence-electron chi connectivity index (χ1n) is 11.1. The lowest BCUT2D eigenvalue weighted by molar-refractivity contribution is -0.153. The van der Waals surface area contributed by atoms with Crippen molar-refractivity contribution >= 4 is 11.9 Å². The number of nitrogens with one attached hydrogen (secondary N) is 1. The number of H-pyrrole nitrogens is 1. The lowest BCUT2D eigenvalue weighted by atomic mass is 9.97. The van der Waals surface area contributed by atoms with E-state index in [2.05, 4.69) is 20.6 Å². The van der Waals surface area contributed by atoms with Crippen molar-refractivity contribution in [3.8, 4) is 22.5 Å². The standard InChI is InChI=1S/C24H30N6O3/c1-16(2)22(24(32)33)30(21(31)9-5-6-14-25)15-17-10-12-18(13-11-17)19-7-3-4-8-20(19)23-26-28-29-27-23/h3-4,7-8,10-13,16,22H,5-6,9,14-15,25H2,1-2H3,(H,32,33)(H,26,27,28,29)/t22-/m0/s1. The van der Waals surface area contributed by atoms with Crippen LogP contribution in [0.3, 0.4) is 0 Å². The smallest absolute Gasteiger partial charge is 0.326 e. The van der Waals surface area contributed by atoms with Crippen LogP contribution >= 0.6 is 0 Å². The van der Waals surface area contributed by atoms with E-state index in [0.717, 1.165) is 28.7 Å². The van der Waals surface area contributed by atoms with Gasteiger partial charge in [0.1, 0.15) is 6.04 Å². The number of hydrogen-bond acceptors (Lipinski definition) is 6. The topological polar surface area (TPSA) is 138 Å². The Balaban J connectivity index is 1.85. The molecular weight excluding hydrogens is 420 g/mol. The summed E-state index contributed by atoms with van der Waals surface area (Å²) in [6, 6.07) is 14.6. The summed E-state index contributed by atoms with van der Waals surface area (Å²) < 4.78 is 0. The second kappa shape index (κ2) is 11.3. The molecule has 174 valence electrons. The maximum atomic E-state index is 12.9. The minimum Gasteiger partial charge on any atom is -0.480 e. The molecule has 0 aliphatic rings. The van der Waals surface area contributed by atoms with Crippen molar-refractivity contribution in [2.24, 2.45) is 11.7 Å². The highest BCUT2D eigenvalue weighted by Gasteiger charge is 2.32. The Hall–Kier alpha value is -3.59. The molecule has 33 heavy (non-hydrogen) atoms. The van der Waals surface area contributed by atoms with Gasteiger partial charge in [0.05, 0.1) is 0 Å². The van der Waals surface area contributed by atoms with E-state index in [9.17, 15) is 14.7 Å². The highest BCUT2D eigenvalue weighted by atomic mass is 16.4. The van der Waals surface area contributed by atoms with Crippen LogP contribution in [0.2, 0.25) is 0 Å². The van der Waals surface area contributed by atoms with Gasteiger partial charge < -0.3 is 15.7 Å². The molecule has 1 amide bonds. The minimum absolute atomic E-state index is 0.170. The first-order chi connectivity index (χ1) is 15.9. The Morgan fingerprint density at radius 1 is 1.06 bits per heavy atom. The van der Waals surface area contributed by atoms with E-state index in [0.29, 0.717) is 18.8 Å². The molecule has 0 fully saturated rings. The zero-order valence-electron chi connectivity index (χ0n) is 18.9. The van der Waals surface area contributed by atoms with E-state index < -0.39 is 12.0 Å². The number of aliphatic carboxylic acids is 1. The summed E-state index contributed by atoms with van der Waals surface area (Å²) in [6.07, 6.45) is 1.65. The Morgan fingerprint density at radius 3 is 2.33 bits per heavy atom. The molecular formula is C24H30N6O3. The van der Waals surface area contributed by atoms with Crippen molar-refractivity contribution in [2.45, 2.75) is 45.7 Å². The zero-order chi connectivity index (χ0) is 23.8. The Morgan fingerprint density at radius 2 is 1.76 bits per heavy atom. The summed E-state index contributed by atoms with van der Waals surface area (Å²) in [5, 5.41) is 24.1. The number of rotatable bonds is 11. The molecule has 3 rings (SSSR count). The number of carboxylic acids is 1. The van der Waals surface area contributed by atoms with Gasteiger partial charge in [-0.05, 0) is 47.2 Å². The van der Waals surface area contributed by atoms with Gasteiger partial charge in [-0.3, -0.25) is 4.79 Å². The van der Waals surface area contributed by atoms with Gasteiger partial charge in [-0.1, -0.05) is 62.4 Å². The number of tetrazole rings is 1. The van der Waals surface area contributed by atoms with Crippen LogP contribution in [0.5, 0.6) is 0 Å². The molecule has 1 atom stereocenters. The number of carboxylic acid groups (broad SMARTS) is 1. The summed E-state index contributed by atoms with van der Waals surface area (Å²) >= 11 is 0. The largest absolute Gasteiger partial charge is 0.480 e. The van der Waals surface area contributed by atoms with Gasteiger partial charge in [-0.15, -0.1) is 10.2 Å². The Kier molecular flexibility index (Phi) is 8.26. The zero-order valence-corrected chi connectivity index (χ0v) is 18.9. The molecule has 0 radical (unpaired) electrons. The van der Waals surface area contributed by atoms with Crippen LogP contribution in [0.25, 0.3) is 22.5 Å². The molecule has 0 spiro atoms. The van der Waals surface area contributed by atoms with Crippen LogP contribution in [0.4, 0.5) is 0 Å². The van der Waals surface area contributed by atoms with Crippen molar-refractivity contribution < 1.29 is 14.7 Å². The fourth-order valence-corrected chi connectivity index (χ4v) is 3.88. The molecule has 1 heterocycles. The van der Waals surface area contributed by atoms with Crippen molar-refractivity contribution in [1.29, 1.82) is 0 Å². The number of carbonyl (C=O) groups is 2. The number of nitrogens with zero attached hydrogens (tertiary/aromatic N) is 4. The summed E-state index contributed by atoms with van der Waals surface area (Å²) in [4.78, 5) is 26.4. The molecule has 9 heteroatoms. The monoisotopic (exact) mass is 450 g/mol. The van der Waals surface area contributed by atoms with Crippen molar-refractivity contribution in [3.05, 3.63) is 54.1 Å². The van der Waals surface area contributed by atoms with E-state index in [1.165, 1.54) is 4.90 Å². The fraction of sp³-hybridized carbons (Fsp3) is 0.375. The summed E-state index contributed by atoms with van der Waals surface area (Å²) in [7, 11) is 0. The molecule has 4 N–H and O–H groups in total. The molecule has 0 saturated carbocycles. The molecule has 0 aliphatic heterocycles. The van der Waals surface area contributed by atoms with E-state index in [1.54, 1.807) is 0 Å². The first kappa shape index (κ1) is 24.1. The number of unbranched alkanes of at least 4 members (excludes halogenated alkanes) is 1. The predicted octanol–water partition coefficient (Wildman–Crippen LogP) is 3.10. The molecule has 3 aromatic rings. The molecule has 2 aromatic carbocycles. The van der Waals surface area contributed by atoms with Crippen LogP contribution in [-0.2, 0) is 16.1 Å². The number of hydrogen-bond donors (Lipinski definition) is 3. The Bertz CT molecular complexity index is 1050. The highest BCUT2D eigenvalue weighted by molar-refractivity contribution is 5.84. The van der Waals surface area contributed by atoms with Crippen LogP contribution in [0, 0.1) is 5.92 Å². The van der Waals surface area contributed by atoms with Gasteiger partial charge in [-0.25, -0.2) is 4.79 Å². The average Bonchev–Trinajstić information content (AvgIpc) is 3.33. The van der Waals surface area contributed by atoms with Crippen LogP contribution < -0.4 is 5.73 Å². The normalized spacial score (nSPS) is 12.0. The maximum absolute atomic E-state index is 12.9. The van der Waals surface area contributed by atoms with Gasteiger partial charge in [0, 0.05) is 18.5 Å². The number of carbonyl (C=O) groups excluding carboxylic acids is 1. The minimum atomic E-state index is -0.997. The second-order valence-electron chi connectivity index (χ2n) is 8.27. The van der Waals surface area contributed by atoms with Crippen LogP contribution in [-0.4, -0.2) is 55.1 Å². The third kappa shape index (κ3) is 6.01. The quantitative estimate of drug-likeness (QED) is 0.382. The van der Waals surface area contributed by atoms with Gasteiger partial charge in [-0.2, -0.15) is 5.21 Å². The van der Waals surface area contributed by atoms with E-state index >= 15 is 0 Å². The van der Waals surface area contributed by atoms with Gasteiger partial charge in [0.25, 0.3) is 0 Å². The third-order valence-corrected chi connectivity index (χ3v) is 5.52. The lowest BCUT2D eigenvalue weighted by Crippen LogP contribution is -2.47. The number of nitrogens with two attached hydrogens (primary N) is 1. The number of aromatic amines is 1. The van der Waals surface area contributed by atoms with Crippen LogP contribution in [0.15, 0.2) is 48.5 Å². The number of aromatic nitrogens is 4. The first-order valence-corrected chi connectivity index (χ1v) is 11.1. The number of amides is 1. The Labute approximate surface area is 193 Å². The fourth-order valence-electron chi connectivity index (χ4n) is 3.88. The molecule has 0 saturated heterocycles. The SMILES string of the molecule is CC(C)[C@@H](C(=O)O)N(Cc1ccc(-c2ccccc2-c2nn[nH]n2)cc1)C(=O)CCCCN. The van der Waals surface area contributed by atoms with Crippen molar-refractivity contribution in [1.82, 2.24) is 25.5 Å². The summed E-state index contributed by atoms with van der Waals surface area (Å²) in [5.41, 5.74) is 9.15. The molecule has 1 aromatic heterocycles. The molecule has 0 unspecified atom stereocenters. The number of benzene rings is 2. The molecule has 0 aliphatic carbocycles. The second-order valence-corrected chi connectivity index (χ2v) is 8.27.